The number of halogens is 1. The highest BCUT2D eigenvalue weighted by atomic mass is 19.1. The van der Waals surface area contributed by atoms with Crippen LogP contribution in [-0.4, -0.2) is 20.1 Å². The molecule has 1 rings (SSSR count). The third-order valence-electron chi connectivity index (χ3n) is 2.94. The molecule has 2 nitrogen and oxygen atoms in total. The summed E-state index contributed by atoms with van der Waals surface area (Å²) >= 11 is 0. The Morgan fingerprint density at radius 3 is 2.37 bits per heavy atom. The summed E-state index contributed by atoms with van der Waals surface area (Å²) in [5, 5.41) is 3.33. The first-order chi connectivity index (χ1) is 8.90. The van der Waals surface area contributed by atoms with Crippen LogP contribution in [0.2, 0.25) is 0 Å². The molecular weight excluding hydrogens is 239 g/mol. The van der Waals surface area contributed by atoms with E-state index in [0.29, 0.717) is 17.5 Å². The SMILES string of the molecule is CC(C)CNCc1ccc(N(C)CC(C)C)c(F)c1. The smallest absolute Gasteiger partial charge is 0.146 e. The maximum Gasteiger partial charge on any atom is 0.146 e. The fourth-order valence-corrected chi connectivity index (χ4v) is 2.12. The predicted molar refractivity (Wildman–Crippen MR) is 81.1 cm³/mol. The normalized spacial score (nSPS) is 11.4. The lowest BCUT2D eigenvalue weighted by molar-refractivity contribution is 0.549. The molecule has 0 radical (unpaired) electrons. The quantitative estimate of drug-likeness (QED) is 0.810. The van der Waals surface area contributed by atoms with Crippen LogP contribution in [0.5, 0.6) is 0 Å². The standard InChI is InChI=1S/C16H27FN2/c1-12(2)9-18-10-14-6-7-16(15(17)8-14)19(5)11-13(3)4/h6-8,12-13,18H,9-11H2,1-5H3. The Morgan fingerprint density at radius 2 is 1.84 bits per heavy atom. The Balaban J connectivity index is 2.63. The van der Waals surface area contributed by atoms with Crippen molar-refractivity contribution in [1.82, 2.24) is 5.32 Å². The second-order valence-corrected chi connectivity index (χ2v) is 6.08. The third kappa shape index (κ3) is 5.60. The second kappa shape index (κ2) is 7.49. The number of rotatable bonds is 7. The summed E-state index contributed by atoms with van der Waals surface area (Å²) in [6.45, 7) is 11.1. The van der Waals surface area contributed by atoms with Crippen molar-refractivity contribution in [3.05, 3.63) is 29.6 Å². The predicted octanol–water partition coefficient (Wildman–Crippen LogP) is 3.66. The van der Waals surface area contributed by atoms with Crippen molar-refractivity contribution < 1.29 is 4.39 Å². The van der Waals surface area contributed by atoms with Gasteiger partial charge < -0.3 is 10.2 Å². The van der Waals surface area contributed by atoms with E-state index in [-0.39, 0.29) is 5.82 Å². The minimum absolute atomic E-state index is 0.132. The number of benzene rings is 1. The van der Waals surface area contributed by atoms with Crippen LogP contribution in [0.1, 0.15) is 33.3 Å². The van der Waals surface area contributed by atoms with Gasteiger partial charge in [-0.1, -0.05) is 33.8 Å². The minimum Gasteiger partial charge on any atom is -0.372 e. The molecule has 1 N–H and O–H groups in total. The van der Waals surface area contributed by atoms with Gasteiger partial charge in [0.25, 0.3) is 0 Å². The molecule has 3 heteroatoms. The molecule has 0 aliphatic heterocycles. The van der Waals surface area contributed by atoms with Gasteiger partial charge in [-0.3, -0.25) is 0 Å². The van der Waals surface area contributed by atoms with Gasteiger partial charge in [-0.25, -0.2) is 4.39 Å². The zero-order valence-electron chi connectivity index (χ0n) is 12.8. The first kappa shape index (κ1) is 16.0. The topological polar surface area (TPSA) is 15.3 Å². The average Bonchev–Trinajstić information content (AvgIpc) is 2.27. The Morgan fingerprint density at radius 1 is 1.16 bits per heavy atom. The van der Waals surface area contributed by atoms with Gasteiger partial charge in [0, 0.05) is 20.1 Å². The van der Waals surface area contributed by atoms with Crippen LogP contribution in [0.25, 0.3) is 0 Å². The molecule has 0 aliphatic carbocycles. The maximum atomic E-state index is 14.1. The Kier molecular flexibility index (Phi) is 6.29. The summed E-state index contributed by atoms with van der Waals surface area (Å²) in [5.74, 6) is 1.00. The van der Waals surface area contributed by atoms with Gasteiger partial charge in [-0.2, -0.15) is 0 Å². The second-order valence-electron chi connectivity index (χ2n) is 6.08. The van der Waals surface area contributed by atoms with E-state index in [1.165, 1.54) is 0 Å². The van der Waals surface area contributed by atoms with Crippen LogP contribution in [0, 0.1) is 17.7 Å². The zero-order chi connectivity index (χ0) is 14.4. The van der Waals surface area contributed by atoms with E-state index < -0.39 is 0 Å². The monoisotopic (exact) mass is 266 g/mol. The lowest BCUT2D eigenvalue weighted by Gasteiger charge is -2.22. The van der Waals surface area contributed by atoms with E-state index in [1.807, 2.05) is 24.1 Å². The Bertz CT molecular complexity index is 388. The van der Waals surface area contributed by atoms with Crippen molar-refractivity contribution in [1.29, 1.82) is 0 Å². The molecule has 0 saturated carbocycles. The highest BCUT2D eigenvalue weighted by Gasteiger charge is 2.09. The van der Waals surface area contributed by atoms with E-state index in [2.05, 4.69) is 33.0 Å². The molecule has 1 aromatic carbocycles. The molecular formula is C16H27FN2. The van der Waals surface area contributed by atoms with Crippen LogP contribution in [-0.2, 0) is 6.54 Å². The molecule has 0 unspecified atom stereocenters. The molecule has 0 amide bonds. The van der Waals surface area contributed by atoms with Crippen molar-refractivity contribution >= 4 is 5.69 Å². The summed E-state index contributed by atoms with van der Waals surface area (Å²) in [4.78, 5) is 1.98. The molecule has 0 atom stereocenters. The summed E-state index contributed by atoms with van der Waals surface area (Å²) in [6.07, 6.45) is 0. The van der Waals surface area contributed by atoms with Gasteiger partial charge in [0.1, 0.15) is 5.82 Å². The van der Waals surface area contributed by atoms with Crippen molar-refractivity contribution in [3.63, 3.8) is 0 Å². The van der Waals surface area contributed by atoms with Crippen molar-refractivity contribution in [2.24, 2.45) is 11.8 Å². The van der Waals surface area contributed by atoms with Gasteiger partial charge in [0.15, 0.2) is 0 Å². The number of hydrogen-bond donors (Lipinski definition) is 1. The van der Waals surface area contributed by atoms with Gasteiger partial charge in [-0.05, 0) is 36.1 Å². The van der Waals surface area contributed by atoms with E-state index in [0.717, 1.165) is 25.2 Å². The lowest BCUT2D eigenvalue weighted by atomic mass is 10.1. The number of nitrogens with zero attached hydrogens (tertiary/aromatic N) is 1. The number of hydrogen-bond acceptors (Lipinski definition) is 2. The number of anilines is 1. The van der Waals surface area contributed by atoms with E-state index >= 15 is 0 Å². The summed E-state index contributed by atoms with van der Waals surface area (Å²) < 4.78 is 14.1. The van der Waals surface area contributed by atoms with Crippen LogP contribution in [0.3, 0.4) is 0 Å². The fourth-order valence-electron chi connectivity index (χ4n) is 2.12. The fraction of sp³-hybridized carbons (Fsp3) is 0.625. The van der Waals surface area contributed by atoms with Gasteiger partial charge in [-0.15, -0.1) is 0 Å². The molecule has 0 spiro atoms. The van der Waals surface area contributed by atoms with Crippen molar-refractivity contribution in [2.75, 3.05) is 25.0 Å². The summed E-state index contributed by atoms with van der Waals surface area (Å²) in [5.41, 5.74) is 1.68. The molecule has 19 heavy (non-hydrogen) atoms. The van der Waals surface area contributed by atoms with Crippen LogP contribution >= 0.6 is 0 Å². The maximum absolute atomic E-state index is 14.1. The number of nitrogens with one attached hydrogen (secondary N) is 1. The Labute approximate surface area is 117 Å². The first-order valence-corrected chi connectivity index (χ1v) is 7.10. The molecule has 1 aromatic rings. The zero-order valence-corrected chi connectivity index (χ0v) is 12.8. The van der Waals surface area contributed by atoms with Crippen LogP contribution in [0.15, 0.2) is 18.2 Å². The van der Waals surface area contributed by atoms with E-state index in [4.69, 9.17) is 0 Å². The first-order valence-electron chi connectivity index (χ1n) is 7.10. The molecule has 0 saturated heterocycles. The van der Waals surface area contributed by atoms with Gasteiger partial charge in [0.05, 0.1) is 5.69 Å². The highest BCUT2D eigenvalue weighted by molar-refractivity contribution is 5.48. The lowest BCUT2D eigenvalue weighted by Crippen LogP contribution is -2.24. The van der Waals surface area contributed by atoms with Gasteiger partial charge >= 0.3 is 0 Å². The molecule has 0 aliphatic rings. The third-order valence-corrected chi connectivity index (χ3v) is 2.94. The van der Waals surface area contributed by atoms with Gasteiger partial charge in [0.2, 0.25) is 0 Å². The van der Waals surface area contributed by atoms with Crippen LogP contribution < -0.4 is 10.2 Å². The van der Waals surface area contributed by atoms with E-state index in [9.17, 15) is 4.39 Å². The molecule has 0 bridgehead atoms. The van der Waals surface area contributed by atoms with Crippen molar-refractivity contribution in [2.45, 2.75) is 34.2 Å². The highest BCUT2D eigenvalue weighted by Crippen LogP contribution is 2.20. The minimum atomic E-state index is -0.132. The van der Waals surface area contributed by atoms with E-state index in [1.54, 1.807) is 6.07 Å². The summed E-state index contributed by atoms with van der Waals surface area (Å²) in [7, 11) is 1.94. The van der Waals surface area contributed by atoms with Crippen LogP contribution in [0.4, 0.5) is 10.1 Å². The largest absolute Gasteiger partial charge is 0.372 e. The molecule has 0 fully saturated rings. The molecule has 0 aromatic heterocycles. The van der Waals surface area contributed by atoms with Crippen molar-refractivity contribution in [3.8, 4) is 0 Å². The molecule has 0 heterocycles. The molecule has 108 valence electrons. The Hall–Kier alpha value is -1.09. The average molecular weight is 266 g/mol. The summed E-state index contributed by atoms with van der Waals surface area (Å²) in [6, 6.07) is 5.52.